The van der Waals surface area contributed by atoms with Crippen LogP contribution in [0.25, 0.3) is 10.9 Å². The van der Waals surface area contributed by atoms with Crippen LogP contribution in [-0.4, -0.2) is 42.0 Å². The third-order valence-corrected chi connectivity index (χ3v) is 6.09. The van der Waals surface area contributed by atoms with Gasteiger partial charge in [-0.15, -0.1) is 0 Å². The number of nitrogens with zero attached hydrogens (tertiary/aromatic N) is 2. The Labute approximate surface area is 197 Å². The summed E-state index contributed by atoms with van der Waals surface area (Å²) in [5.74, 6) is 0.252. The minimum Gasteiger partial charge on any atom is -0.813 e. The number of alkyl halides is 1. The summed E-state index contributed by atoms with van der Waals surface area (Å²) in [4.78, 5) is 19.2. The number of fused-ring (bicyclic) bond motifs is 2. The van der Waals surface area contributed by atoms with Gasteiger partial charge in [-0.25, -0.2) is 0 Å². The zero-order valence-corrected chi connectivity index (χ0v) is 23.2. The molecule has 0 N–H and O–H groups in total. The molecule has 1 aliphatic heterocycles. The molecule has 2 aromatic carbocycles. The minimum atomic E-state index is -0.281. The Morgan fingerprint density at radius 1 is 1.25 bits per heavy atom. The molecule has 1 aliphatic rings. The van der Waals surface area contributed by atoms with Crippen LogP contribution in [0.15, 0.2) is 42.6 Å². The molecule has 4 nitrogen and oxygen atoms in total. The van der Waals surface area contributed by atoms with Crippen LogP contribution in [0, 0.1) is 5.82 Å². The maximum absolute atomic E-state index is 13.1. The van der Waals surface area contributed by atoms with Gasteiger partial charge in [0.05, 0.1) is 0 Å². The van der Waals surface area contributed by atoms with Gasteiger partial charge in [-0.05, 0) is 0 Å². The van der Waals surface area contributed by atoms with E-state index in [2.05, 4.69) is 20.9 Å². The van der Waals surface area contributed by atoms with E-state index in [1.54, 1.807) is 23.2 Å². The molecule has 4 rings (SSSR count). The number of hydrogen-bond donors (Lipinski definition) is 0. The zero-order valence-electron chi connectivity index (χ0n) is 14.9. The van der Waals surface area contributed by atoms with Crippen molar-refractivity contribution in [2.45, 2.75) is 18.4 Å². The van der Waals surface area contributed by atoms with Gasteiger partial charge in [0, 0.05) is 0 Å². The average Bonchev–Trinajstić information content (AvgIpc) is 2.96. The number of rotatable bonds is 4. The maximum Gasteiger partial charge on any atom is -0.153 e. The second-order valence-electron chi connectivity index (χ2n) is 6.15. The number of halogens is 2. The first-order chi connectivity index (χ1) is 12.6. The van der Waals surface area contributed by atoms with Crippen LogP contribution >= 0.6 is 25.8 Å². The number of benzene rings is 2. The van der Waals surface area contributed by atoms with E-state index in [-0.39, 0.29) is 61.3 Å². The molecule has 144 valence electrons. The van der Waals surface area contributed by atoms with Gasteiger partial charge in [-0.1, -0.05) is 0 Å². The first kappa shape index (κ1) is 23.5. The smallest absolute Gasteiger partial charge is 0.153 e. The molecule has 0 fully saturated rings. The van der Waals surface area contributed by atoms with E-state index in [1.165, 1.54) is 12.1 Å². The predicted octanol–water partition coefficient (Wildman–Crippen LogP) is 3.68. The Morgan fingerprint density at radius 2 is 1.96 bits per heavy atom. The van der Waals surface area contributed by atoms with Gasteiger partial charge in [-0.3, -0.25) is 0 Å². The summed E-state index contributed by atoms with van der Waals surface area (Å²) in [6.07, 6.45) is 1.74. The Balaban J connectivity index is 0.00000140. The fourth-order valence-corrected chi connectivity index (χ4v) is 4.71. The van der Waals surface area contributed by atoms with Crippen molar-refractivity contribution in [2.24, 2.45) is 0 Å². The van der Waals surface area contributed by atoms with E-state index in [0.717, 1.165) is 27.6 Å². The zero-order chi connectivity index (χ0) is 18.3. The number of thiol groups is 1. The molecule has 1 atom stereocenters. The van der Waals surface area contributed by atoms with Gasteiger partial charge in [0.15, 0.2) is 0 Å². The molecule has 1 amide bonds. The fourth-order valence-electron chi connectivity index (χ4n) is 3.33. The predicted molar refractivity (Wildman–Crippen MR) is 121 cm³/mol. The third kappa shape index (κ3) is 4.22. The van der Waals surface area contributed by atoms with Crippen molar-refractivity contribution in [2.75, 3.05) is 0 Å². The van der Waals surface area contributed by atoms with E-state index in [0.29, 0.717) is 29.7 Å². The van der Waals surface area contributed by atoms with Crippen molar-refractivity contribution in [3.05, 3.63) is 70.7 Å². The van der Waals surface area contributed by atoms with E-state index in [1.807, 2.05) is 12.1 Å². The second-order valence-corrected chi connectivity index (χ2v) is 7.62. The molecule has 0 saturated carbocycles. The summed E-state index contributed by atoms with van der Waals surface area (Å²) >= 11 is 3.77. The largest absolute Gasteiger partial charge is 0.813 e. The van der Waals surface area contributed by atoms with Crippen molar-refractivity contribution in [1.29, 1.82) is 0 Å². The fraction of sp³-hybridized carbons (Fsp3) is 0.158. The molecule has 28 heavy (non-hydrogen) atoms. The Bertz CT molecular complexity index is 1020. The summed E-state index contributed by atoms with van der Waals surface area (Å²) < 4.78 is 18.9. The summed E-state index contributed by atoms with van der Waals surface area (Å²) in [5.41, 5.74) is 4.31. The maximum atomic E-state index is 13.1. The Kier molecular flexibility index (Phi) is 8.25. The summed E-state index contributed by atoms with van der Waals surface area (Å²) in [6.45, 7) is 0.949. The second kappa shape index (κ2) is 9.82. The Morgan fingerprint density at radius 3 is 2.61 bits per heavy atom. The van der Waals surface area contributed by atoms with Crippen LogP contribution in [0.2, 0.25) is 0 Å². The molecule has 0 saturated heterocycles. The van der Waals surface area contributed by atoms with Gasteiger partial charge in [0.1, 0.15) is 0 Å². The van der Waals surface area contributed by atoms with Crippen LogP contribution < -0.4 is 2.69 Å². The molecule has 0 aliphatic carbocycles. The molecule has 0 spiro atoms. The molecular weight excluding hydrogens is 655 g/mol. The van der Waals surface area contributed by atoms with Crippen LogP contribution in [0.1, 0.15) is 27.0 Å². The molecular formula is C19H17BrFN2O2PSTl-. The van der Waals surface area contributed by atoms with Crippen LogP contribution in [0.5, 0.6) is 5.75 Å². The van der Waals surface area contributed by atoms with Gasteiger partial charge >= 0.3 is 176 Å². The summed E-state index contributed by atoms with van der Waals surface area (Å²) in [7, 11) is 0. The van der Waals surface area contributed by atoms with Crippen molar-refractivity contribution in [3.8, 4) is 5.75 Å². The van der Waals surface area contributed by atoms with Crippen LogP contribution in [0.4, 0.5) is 4.39 Å². The number of pyridine rings is 1. The number of aromatic nitrogens is 1. The SMILES string of the molecule is O=C1c2c(cc3c(CBr)ccnc3c2[O][Tl])CN1Cc1ccc(F)cc1.P.[SH-]. The first-order valence-electron chi connectivity index (χ1n) is 8.02. The first-order valence-corrected chi connectivity index (χ1v) is 11.0. The van der Waals surface area contributed by atoms with Gasteiger partial charge < -0.3 is 13.5 Å². The molecule has 3 aromatic rings. The van der Waals surface area contributed by atoms with Crippen molar-refractivity contribution in [1.82, 2.24) is 9.88 Å². The van der Waals surface area contributed by atoms with E-state index in [9.17, 15) is 9.18 Å². The standard InChI is InChI=1S/C19H14BrFN2O2.H3P.H2S.Tl/c20-8-12-5-6-22-17-15(12)7-13-10-23(19(25)16(13)18(17)24)9-11-1-3-14(21)4-2-11;;;/h1-7,24H,8-10H2;1H3;1H2;/q;;;+1/p-2. The minimum absolute atomic E-state index is 0. The number of carbonyl (C=O) groups is 1. The quantitative estimate of drug-likeness (QED) is 0.140. The Hall–Kier alpha value is -0.768. The third-order valence-electron chi connectivity index (χ3n) is 4.57. The van der Waals surface area contributed by atoms with E-state index >= 15 is 0 Å². The van der Waals surface area contributed by atoms with Crippen molar-refractivity contribution >= 4 is 82.4 Å². The van der Waals surface area contributed by atoms with Crippen molar-refractivity contribution in [3.63, 3.8) is 0 Å². The van der Waals surface area contributed by atoms with Gasteiger partial charge in [0.25, 0.3) is 0 Å². The van der Waals surface area contributed by atoms with Gasteiger partial charge in [0.2, 0.25) is 0 Å². The average molecular weight is 672 g/mol. The molecule has 0 radical (unpaired) electrons. The number of amides is 1. The van der Waals surface area contributed by atoms with Gasteiger partial charge in [-0.2, -0.15) is 9.90 Å². The molecule has 0 bridgehead atoms. The normalized spacial score (nSPS) is 12.3. The topological polar surface area (TPSA) is 42.4 Å². The molecule has 1 unspecified atom stereocenters. The molecule has 2 heterocycles. The van der Waals surface area contributed by atoms with Crippen molar-refractivity contribution < 1.29 is 11.9 Å². The summed E-state index contributed by atoms with van der Waals surface area (Å²) in [5, 5.41) is 1.72. The van der Waals surface area contributed by atoms with E-state index < -0.39 is 0 Å². The summed E-state index contributed by atoms with van der Waals surface area (Å²) in [6, 6.07) is 10.3. The van der Waals surface area contributed by atoms with Crippen LogP contribution in [-0.2, 0) is 31.9 Å². The van der Waals surface area contributed by atoms with Crippen LogP contribution in [0.3, 0.4) is 0 Å². The van der Waals surface area contributed by atoms with E-state index in [4.69, 9.17) is 2.69 Å². The molecule has 1 aromatic heterocycles. The molecule has 9 heteroatoms. The monoisotopic (exact) mass is 671 g/mol. The number of carbonyl (C=O) groups excluding carboxylic acids is 1. The number of hydrogen-bond acceptors (Lipinski definition) is 4.